The van der Waals surface area contributed by atoms with Gasteiger partial charge in [-0.25, -0.2) is 9.78 Å². The lowest BCUT2D eigenvalue weighted by molar-refractivity contribution is 0.561. The number of nitrogens with zero attached hydrogens (tertiary/aromatic N) is 4. The van der Waals surface area contributed by atoms with Crippen LogP contribution in [0.25, 0.3) is 27.9 Å². The van der Waals surface area contributed by atoms with Crippen molar-refractivity contribution >= 4 is 22.3 Å². The normalized spacial score (nSPS) is 21.2. The molecule has 5 heterocycles. The van der Waals surface area contributed by atoms with Crippen molar-refractivity contribution in [1.29, 1.82) is 0 Å². The molecule has 2 saturated heterocycles. The third kappa shape index (κ3) is 2.36. The highest BCUT2D eigenvalue weighted by Crippen LogP contribution is 2.32. The van der Waals surface area contributed by atoms with Gasteiger partial charge in [-0.3, -0.25) is 4.98 Å². The Morgan fingerprint density at radius 2 is 2.18 bits per heavy atom. The van der Waals surface area contributed by atoms with E-state index in [1.165, 1.54) is 6.42 Å². The number of anilines is 1. The molecule has 6 rings (SSSR count). The standard InChI is InChI=1S/C21H19N5O2/c1-12-9-25-11-18(24-20(25)8-22-12)17-4-13-2-3-15(6-19(13)28-21(17)27)26-10-14-5-16(26)7-23-14/h2-4,6,8-9,11,14,16,23H,5,7,10H2,1H3/t14-,16-/m0/s1. The number of hydrogen-bond donors (Lipinski definition) is 1. The molecule has 0 radical (unpaired) electrons. The van der Waals surface area contributed by atoms with Gasteiger partial charge in [-0.15, -0.1) is 0 Å². The molecule has 0 amide bonds. The summed E-state index contributed by atoms with van der Waals surface area (Å²) in [6.07, 6.45) is 6.61. The van der Waals surface area contributed by atoms with Gasteiger partial charge < -0.3 is 19.0 Å². The Labute approximate surface area is 160 Å². The molecule has 0 spiro atoms. The van der Waals surface area contributed by atoms with Gasteiger partial charge in [0.2, 0.25) is 0 Å². The van der Waals surface area contributed by atoms with Gasteiger partial charge in [0.25, 0.3) is 0 Å². The number of aromatic nitrogens is 3. The lowest BCUT2D eigenvalue weighted by Gasteiger charge is -2.29. The van der Waals surface area contributed by atoms with Gasteiger partial charge in [0.15, 0.2) is 5.65 Å². The Balaban J connectivity index is 1.43. The molecule has 7 nitrogen and oxygen atoms in total. The molecule has 2 aliphatic rings. The minimum Gasteiger partial charge on any atom is -0.422 e. The number of nitrogens with one attached hydrogen (secondary N) is 1. The van der Waals surface area contributed by atoms with E-state index in [2.05, 4.69) is 26.3 Å². The minimum atomic E-state index is -0.373. The number of hydrogen-bond acceptors (Lipinski definition) is 6. The van der Waals surface area contributed by atoms with E-state index < -0.39 is 0 Å². The molecule has 1 aromatic carbocycles. The number of piperazine rings is 1. The SMILES string of the molecule is Cc1cn2cc(-c3cc4ccc(N5C[C@@H]6C[C@H]5CN6)cc4oc3=O)nc2cn1. The fourth-order valence-corrected chi connectivity index (χ4v) is 4.46. The van der Waals surface area contributed by atoms with Crippen LogP contribution in [0.3, 0.4) is 0 Å². The van der Waals surface area contributed by atoms with Gasteiger partial charge in [0.05, 0.1) is 23.1 Å². The molecule has 140 valence electrons. The topological polar surface area (TPSA) is 75.7 Å². The molecule has 0 aliphatic carbocycles. The smallest absolute Gasteiger partial charge is 0.345 e. The van der Waals surface area contributed by atoms with Crippen LogP contribution in [0.2, 0.25) is 0 Å². The van der Waals surface area contributed by atoms with E-state index in [0.29, 0.717) is 34.6 Å². The molecular weight excluding hydrogens is 354 g/mol. The molecule has 2 bridgehead atoms. The van der Waals surface area contributed by atoms with Crippen molar-refractivity contribution < 1.29 is 4.42 Å². The number of aryl methyl sites for hydroxylation is 1. The highest BCUT2D eigenvalue weighted by molar-refractivity contribution is 5.84. The molecule has 2 fully saturated rings. The van der Waals surface area contributed by atoms with E-state index in [4.69, 9.17) is 4.42 Å². The first-order chi connectivity index (χ1) is 13.6. The Morgan fingerprint density at radius 3 is 3.00 bits per heavy atom. The van der Waals surface area contributed by atoms with Crippen molar-refractivity contribution in [3.63, 3.8) is 0 Å². The molecule has 3 aromatic heterocycles. The molecule has 2 aliphatic heterocycles. The van der Waals surface area contributed by atoms with Crippen molar-refractivity contribution in [2.24, 2.45) is 0 Å². The van der Waals surface area contributed by atoms with Crippen LogP contribution in [0.4, 0.5) is 5.69 Å². The summed E-state index contributed by atoms with van der Waals surface area (Å²) in [6.45, 7) is 3.95. The van der Waals surface area contributed by atoms with Crippen LogP contribution in [-0.2, 0) is 0 Å². The second kappa shape index (κ2) is 5.65. The van der Waals surface area contributed by atoms with Gasteiger partial charge in [-0.1, -0.05) is 0 Å². The fourth-order valence-electron chi connectivity index (χ4n) is 4.46. The first-order valence-corrected chi connectivity index (χ1v) is 9.54. The van der Waals surface area contributed by atoms with Gasteiger partial charge in [-0.05, 0) is 31.5 Å². The fraction of sp³-hybridized carbons (Fsp3) is 0.286. The summed E-state index contributed by atoms with van der Waals surface area (Å²) in [6, 6.07) is 9.09. The second-order valence-corrected chi connectivity index (χ2v) is 7.74. The second-order valence-electron chi connectivity index (χ2n) is 7.74. The maximum atomic E-state index is 12.7. The molecule has 28 heavy (non-hydrogen) atoms. The molecule has 1 N–H and O–H groups in total. The summed E-state index contributed by atoms with van der Waals surface area (Å²) in [7, 11) is 0. The average molecular weight is 373 g/mol. The first kappa shape index (κ1) is 15.8. The maximum Gasteiger partial charge on any atom is 0.345 e. The zero-order valence-electron chi connectivity index (χ0n) is 15.4. The first-order valence-electron chi connectivity index (χ1n) is 9.54. The molecular formula is C21H19N5O2. The molecule has 4 aromatic rings. The van der Waals surface area contributed by atoms with E-state index in [0.717, 1.165) is 29.9 Å². The summed E-state index contributed by atoms with van der Waals surface area (Å²) < 4.78 is 7.56. The summed E-state index contributed by atoms with van der Waals surface area (Å²) in [5, 5.41) is 4.41. The monoisotopic (exact) mass is 373 g/mol. The number of imidazole rings is 1. The molecule has 0 unspecified atom stereocenters. The lowest BCUT2D eigenvalue weighted by Crippen LogP contribution is -2.43. The summed E-state index contributed by atoms with van der Waals surface area (Å²) in [5.74, 6) is 0. The van der Waals surface area contributed by atoms with Gasteiger partial charge >= 0.3 is 5.63 Å². The van der Waals surface area contributed by atoms with Crippen molar-refractivity contribution in [3.8, 4) is 11.3 Å². The zero-order valence-corrected chi connectivity index (χ0v) is 15.4. The lowest BCUT2D eigenvalue weighted by atomic mass is 10.1. The van der Waals surface area contributed by atoms with Gasteiger partial charge in [0, 0.05) is 54.7 Å². The van der Waals surface area contributed by atoms with E-state index in [1.807, 2.05) is 41.9 Å². The third-order valence-corrected chi connectivity index (χ3v) is 5.85. The predicted molar refractivity (Wildman–Crippen MR) is 107 cm³/mol. The maximum absolute atomic E-state index is 12.7. The van der Waals surface area contributed by atoms with E-state index in [-0.39, 0.29) is 5.63 Å². The Bertz CT molecular complexity index is 1290. The van der Waals surface area contributed by atoms with Crippen LogP contribution in [0.1, 0.15) is 12.1 Å². The van der Waals surface area contributed by atoms with Crippen molar-refractivity contribution in [2.45, 2.75) is 25.4 Å². The third-order valence-electron chi connectivity index (χ3n) is 5.85. The van der Waals surface area contributed by atoms with E-state index in [9.17, 15) is 4.79 Å². The molecule has 2 atom stereocenters. The number of rotatable bonds is 2. The molecule has 0 saturated carbocycles. The Morgan fingerprint density at radius 1 is 1.25 bits per heavy atom. The van der Waals surface area contributed by atoms with Crippen LogP contribution < -0.4 is 15.8 Å². The summed E-state index contributed by atoms with van der Waals surface area (Å²) in [5.41, 5.74) is 4.01. The van der Waals surface area contributed by atoms with Crippen LogP contribution in [0.5, 0.6) is 0 Å². The number of fused-ring (bicyclic) bond motifs is 4. The van der Waals surface area contributed by atoms with E-state index >= 15 is 0 Å². The summed E-state index contributed by atoms with van der Waals surface area (Å²) >= 11 is 0. The van der Waals surface area contributed by atoms with E-state index in [1.54, 1.807) is 6.20 Å². The zero-order chi connectivity index (χ0) is 18.8. The predicted octanol–water partition coefficient (Wildman–Crippen LogP) is 2.36. The van der Waals surface area contributed by atoms with Crippen LogP contribution in [0, 0.1) is 6.92 Å². The van der Waals surface area contributed by atoms with Crippen molar-refractivity contribution in [1.82, 2.24) is 19.7 Å². The summed E-state index contributed by atoms with van der Waals surface area (Å²) in [4.78, 5) is 23.9. The van der Waals surface area contributed by atoms with Crippen molar-refractivity contribution in [2.75, 3.05) is 18.0 Å². The van der Waals surface area contributed by atoms with Gasteiger partial charge in [-0.2, -0.15) is 0 Å². The van der Waals surface area contributed by atoms with Crippen molar-refractivity contribution in [3.05, 3.63) is 59.0 Å². The number of benzene rings is 1. The average Bonchev–Trinajstić information content (AvgIpc) is 3.41. The van der Waals surface area contributed by atoms with Crippen LogP contribution in [-0.4, -0.2) is 39.5 Å². The largest absolute Gasteiger partial charge is 0.422 e. The Kier molecular flexibility index (Phi) is 3.20. The highest BCUT2D eigenvalue weighted by atomic mass is 16.4. The molecule has 7 heteroatoms. The van der Waals surface area contributed by atoms with Gasteiger partial charge in [0.1, 0.15) is 5.58 Å². The highest BCUT2D eigenvalue weighted by Gasteiger charge is 2.37. The quantitative estimate of drug-likeness (QED) is 0.544. The minimum absolute atomic E-state index is 0.373. The Hall–Kier alpha value is -3.19. The van der Waals surface area contributed by atoms with Crippen LogP contribution in [0.15, 0.2) is 52.1 Å². The van der Waals surface area contributed by atoms with Crippen LogP contribution >= 0.6 is 0 Å².